The van der Waals surface area contributed by atoms with Crippen LogP contribution in [0.1, 0.15) is 11.6 Å². The second-order valence-corrected chi connectivity index (χ2v) is 6.22. The molecular weight excluding hydrogens is 380 g/mol. The molecule has 0 aliphatic carbocycles. The highest BCUT2D eigenvalue weighted by molar-refractivity contribution is 5.79. The molecule has 1 aliphatic heterocycles. The Balaban J connectivity index is 2.10. The van der Waals surface area contributed by atoms with Crippen molar-refractivity contribution in [2.45, 2.75) is 6.04 Å². The number of benzene rings is 1. The van der Waals surface area contributed by atoms with Crippen molar-refractivity contribution in [1.29, 1.82) is 0 Å². The topological polar surface area (TPSA) is 106 Å². The molecule has 29 heavy (non-hydrogen) atoms. The quantitative estimate of drug-likeness (QED) is 0.519. The van der Waals surface area contributed by atoms with Gasteiger partial charge >= 0.3 is 5.97 Å². The number of anilines is 1. The van der Waals surface area contributed by atoms with Gasteiger partial charge in [0, 0.05) is 12.8 Å². The molecule has 0 amide bonds. The fourth-order valence-electron chi connectivity index (χ4n) is 3.29. The van der Waals surface area contributed by atoms with E-state index in [9.17, 15) is 4.79 Å². The maximum atomic E-state index is 12.9. The molecule has 0 fully saturated rings. The predicted octanol–water partition coefficient (Wildman–Crippen LogP) is 1.64. The van der Waals surface area contributed by atoms with Crippen LogP contribution in [0, 0.1) is 5.92 Å². The van der Waals surface area contributed by atoms with Crippen LogP contribution >= 0.6 is 0 Å². The normalized spacial score (nSPS) is 17.9. The molecule has 2 aromatic rings. The van der Waals surface area contributed by atoms with Crippen molar-refractivity contribution in [3.05, 3.63) is 36.3 Å². The molecule has 0 unspecified atom stereocenters. The highest BCUT2D eigenvalue weighted by Crippen LogP contribution is 2.44. The Labute approximate surface area is 168 Å². The van der Waals surface area contributed by atoms with Gasteiger partial charge in [-0.2, -0.15) is 10.1 Å². The van der Waals surface area contributed by atoms with Crippen LogP contribution in [0.5, 0.6) is 17.2 Å². The summed E-state index contributed by atoms with van der Waals surface area (Å²) in [6, 6.07) is 2.96. The number of nitrogens with one attached hydrogen (secondary N) is 1. The van der Waals surface area contributed by atoms with Gasteiger partial charge in [-0.25, -0.2) is 4.68 Å². The number of carbonyl (C=O) groups is 1. The summed E-state index contributed by atoms with van der Waals surface area (Å²) in [4.78, 5) is 17.1. The summed E-state index contributed by atoms with van der Waals surface area (Å²) in [6.07, 6.45) is 1.40. The van der Waals surface area contributed by atoms with E-state index in [4.69, 9.17) is 23.7 Å². The summed E-state index contributed by atoms with van der Waals surface area (Å²) in [5.74, 6) is 0.612. The summed E-state index contributed by atoms with van der Waals surface area (Å²) < 4.78 is 28.3. The van der Waals surface area contributed by atoms with Gasteiger partial charge in [0.2, 0.25) is 11.7 Å². The lowest BCUT2D eigenvalue weighted by Gasteiger charge is -2.33. The molecule has 10 heteroatoms. The number of methoxy groups -OCH3 is 4. The van der Waals surface area contributed by atoms with E-state index in [1.165, 1.54) is 34.8 Å². The van der Waals surface area contributed by atoms with Crippen molar-refractivity contribution in [3.8, 4) is 17.2 Å². The first-order valence-electron chi connectivity index (χ1n) is 8.86. The lowest BCUT2D eigenvalue weighted by Crippen LogP contribution is -2.38. The number of ether oxygens (including phenoxy) is 5. The van der Waals surface area contributed by atoms with Crippen LogP contribution in [0.15, 0.2) is 30.7 Å². The van der Waals surface area contributed by atoms with Crippen LogP contribution in [0.4, 0.5) is 5.95 Å². The van der Waals surface area contributed by atoms with Gasteiger partial charge in [0.15, 0.2) is 11.5 Å². The third kappa shape index (κ3) is 3.83. The predicted molar refractivity (Wildman–Crippen MR) is 103 cm³/mol. The summed E-state index contributed by atoms with van der Waals surface area (Å²) in [5, 5.41) is 7.30. The molecule has 0 bridgehead atoms. The average Bonchev–Trinajstić information content (AvgIpc) is 3.19. The molecule has 0 spiro atoms. The van der Waals surface area contributed by atoms with Crippen molar-refractivity contribution in [3.63, 3.8) is 0 Å². The molecule has 3 rings (SSSR count). The number of esters is 1. The van der Waals surface area contributed by atoms with Gasteiger partial charge in [0.05, 0.1) is 34.0 Å². The first kappa shape index (κ1) is 20.5. The molecule has 10 nitrogen and oxygen atoms in total. The molecule has 1 aromatic heterocycles. The van der Waals surface area contributed by atoms with Crippen LogP contribution in [-0.2, 0) is 14.3 Å². The average molecular weight is 404 g/mol. The highest BCUT2D eigenvalue weighted by atomic mass is 16.6. The van der Waals surface area contributed by atoms with E-state index in [-0.39, 0.29) is 6.61 Å². The van der Waals surface area contributed by atoms with Crippen molar-refractivity contribution >= 4 is 11.9 Å². The SMILES string of the molecule is C=C1Nc2ncnn2[C@H](c2cc(OC)c(OC)c(OC)c2)[C@H]1C(=O)OCCOC. The van der Waals surface area contributed by atoms with Crippen molar-refractivity contribution in [1.82, 2.24) is 14.8 Å². The van der Waals surface area contributed by atoms with Gasteiger partial charge in [0.1, 0.15) is 18.9 Å². The van der Waals surface area contributed by atoms with Gasteiger partial charge in [-0.3, -0.25) is 4.79 Å². The zero-order chi connectivity index (χ0) is 21.0. The van der Waals surface area contributed by atoms with Crippen molar-refractivity contribution in [2.75, 3.05) is 47.0 Å². The van der Waals surface area contributed by atoms with Crippen LogP contribution in [-0.4, -0.2) is 62.4 Å². The molecule has 2 heterocycles. The van der Waals surface area contributed by atoms with E-state index >= 15 is 0 Å². The van der Waals surface area contributed by atoms with Crippen LogP contribution in [0.2, 0.25) is 0 Å². The third-order valence-corrected chi connectivity index (χ3v) is 4.61. The summed E-state index contributed by atoms with van der Waals surface area (Å²) in [6.45, 7) is 4.43. The number of nitrogens with zero attached hydrogens (tertiary/aromatic N) is 3. The maximum Gasteiger partial charge on any atom is 0.317 e. The molecule has 0 radical (unpaired) electrons. The van der Waals surface area contributed by atoms with Gasteiger partial charge in [0.25, 0.3) is 0 Å². The highest BCUT2D eigenvalue weighted by Gasteiger charge is 2.41. The molecule has 156 valence electrons. The number of hydrogen-bond acceptors (Lipinski definition) is 9. The Kier molecular flexibility index (Phi) is 6.23. The molecule has 2 atom stereocenters. The van der Waals surface area contributed by atoms with Crippen molar-refractivity contribution in [2.24, 2.45) is 5.92 Å². The first-order chi connectivity index (χ1) is 14.0. The molecule has 1 aliphatic rings. The Morgan fingerprint density at radius 1 is 1.14 bits per heavy atom. The lowest BCUT2D eigenvalue weighted by atomic mass is 9.89. The first-order valence-corrected chi connectivity index (χ1v) is 8.86. The fourth-order valence-corrected chi connectivity index (χ4v) is 3.29. The Morgan fingerprint density at radius 3 is 2.41 bits per heavy atom. The van der Waals surface area contributed by atoms with Gasteiger partial charge in [-0.1, -0.05) is 6.58 Å². The van der Waals surface area contributed by atoms with E-state index in [2.05, 4.69) is 22.0 Å². The van der Waals surface area contributed by atoms with Crippen LogP contribution in [0.25, 0.3) is 0 Å². The number of carbonyl (C=O) groups excluding carboxylic acids is 1. The second-order valence-electron chi connectivity index (χ2n) is 6.22. The van der Waals surface area contributed by atoms with E-state index < -0.39 is 17.9 Å². The second kappa shape index (κ2) is 8.82. The Bertz CT molecular complexity index is 872. The third-order valence-electron chi connectivity index (χ3n) is 4.61. The zero-order valence-electron chi connectivity index (χ0n) is 16.8. The number of fused-ring (bicyclic) bond motifs is 1. The number of hydrogen-bond donors (Lipinski definition) is 1. The lowest BCUT2D eigenvalue weighted by molar-refractivity contribution is -0.149. The smallest absolute Gasteiger partial charge is 0.317 e. The van der Waals surface area contributed by atoms with Gasteiger partial charge in [-0.15, -0.1) is 0 Å². The minimum absolute atomic E-state index is 0.130. The Hall–Kier alpha value is -3.27. The summed E-state index contributed by atoms with van der Waals surface area (Å²) in [7, 11) is 6.12. The fraction of sp³-hybridized carbons (Fsp3) is 0.421. The molecule has 0 saturated carbocycles. The van der Waals surface area contributed by atoms with E-state index in [0.717, 1.165) is 0 Å². The minimum Gasteiger partial charge on any atom is -0.493 e. The van der Waals surface area contributed by atoms with Crippen molar-refractivity contribution < 1.29 is 28.5 Å². The summed E-state index contributed by atoms with van der Waals surface area (Å²) >= 11 is 0. The Morgan fingerprint density at radius 2 is 1.83 bits per heavy atom. The molecule has 1 aromatic carbocycles. The molecule has 1 N–H and O–H groups in total. The summed E-state index contributed by atoms with van der Waals surface area (Å²) in [5.41, 5.74) is 1.15. The molecular formula is C19H24N4O6. The number of aromatic nitrogens is 3. The zero-order valence-corrected chi connectivity index (χ0v) is 16.8. The van der Waals surface area contributed by atoms with E-state index in [1.807, 2.05) is 0 Å². The van der Waals surface area contributed by atoms with E-state index in [0.29, 0.717) is 41.1 Å². The van der Waals surface area contributed by atoms with E-state index in [1.54, 1.807) is 16.8 Å². The largest absolute Gasteiger partial charge is 0.493 e. The maximum absolute atomic E-state index is 12.9. The van der Waals surface area contributed by atoms with Crippen LogP contribution < -0.4 is 19.5 Å². The standard InChI is InChI=1S/C19H24N4O6/c1-11-15(18(24)29-7-6-25-2)16(23-19(22-11)20-10-21-23)12-8-13(26-3)17(28-5)14(9-12)27-4/h8-10,15-16H,1,6-7H2,2-5H3,(H,20,21,22)/t15-,16+/m0/s1. The molecule has 0 saturated heterocycles. The van der Waals surface area contributed by atoms with Gasteiger partial charge < -0.3 is 29.0 Å². The van der Waals surface area contributed by atoms with Gasteiger partial charge in [-0.05, 0) is 17.7 Å². The number of rotatable bonds is 8. The monoisotopic (exact) mass is 404 g/mol. The minimum atomic E-state index is -0.760. The van der Waals surface area contributed by atoms with Crippen LogP contribution in [0.3, 0.4) is 0 Å².